The van der Waals surface area contributed by atoms with E-state index < -0.39 is 6.03 Å². The first-order chi connectivity index (χ1) is 1.73. The minimum absolute atomic E-state index is 0. The Morgan fingerprint density at radius 3 is 1.50 bits per heavy atom. The van der Waals surface area contributed by atoms with Crippen molar-refractivity contribution < 1.29 is 12.4 Å². The minimum Gasteiger partial charge on any atom is -1.00 e. The Kier molecular flexibility index (Phi) is 24.3. The summed E-state index contributed by atoms with van der Waals surface area (Å²) >= 11 is 0. The van der Waals surface area contributed by atoms with Crippen molar-refractivity contribution >= 4 is 43.8 Å². The van der Waals surface area contributed by atoms with E-state index in [4.69, 9.17) is 4.79 Å². The zero-order valence-corrected chi connectivity index (χ0v) is 5.39. The number of rotatable bonds is 0. The number of urea groups is 1. The number of halogens is 1. The molecular formula is CH7CaFN2O. The van der Waals surface area contributed by atoms with Gasteiger partial charge in [-0.15, -0.1) is 0 Å². The molecular weight excluding hydrogens is 115 g/mol. The van der Waals surface area contributed by atoms with E-state index in [0.29, 0.717) is 0 Å². The van der Waals surface area contributed by atoms with E-state index in [1.54, 1.807) is 0 Å². The van der Waals surface area contributed by atoms with Gasteiger partial charge in [-0.25, -0.2) is 4.79 Å². The van der Waals surface area contributed by atoms with Crippen LogP contribution in [0.1, 0.15) is 2.85 Å². The summed E-state index contributed by atoms with van der Waals surface area (Å²) in [6.45, 7) is 0. The molecule has 0 aromatic heterocycles. The monoisotopic (exact) mass is 122 g/mol. The first-order valence-electron chi connectivity index (χ1n) is 0.781. The fraction of sp³-hybridized carbons (Fsp3) is 0. The fourth-order valence-electron chi connectivity index (χ4n) is 0. The Labute approximate surface area is 67.4 Å². The van der Waals surface area contributed by atoms with Crippen LogP contribution >= 0.6 is 0 Å². The normalized spacial score (nSPS) is 4.00. The summed E-state index contributed by atoms with van der Waals surface area (Å²) in [5.41, 5.74) is 8.50. The standard InChI is InChI=1S/CH4N2O.Ca.FH.2H/c2-1(3)4;;;;/h(H4,2,3,4);;1H;;/q;+2;;2*-1. The van der Waals surface area contributed by atoms with Gasteiger partial charge in [0.15, 0.2) is 0 Å². The first kappa shape index (κ1) is 16.1. The van der Waals surface area contributed by atoms with Gasteiger partial charge in [0, 0.05) is 0 Å². The molecule has 36 valence electrons. The van der Waals surface area contributed by atoms with E-state index >= 15 is 0 Å². The molecule has 2 amide bonds. The molecule has 0 saturated carbocycles. The maximum Gasteiger partial charge on any atom is 2.00 e. The summed E-state index contributed by atoms with van der Waals surface area (Å²) in [6, 6.07) is -0.833. The summed E-state index contributed by atoms with van der Waals surface area (Å²) in [6.07, 6.45) is 0. The predicted molar refractivity (Wildman–Crippen MR) is 24.3 cm³/mol. The molecule has 0 aliphatic rings. The third-order valence-electron chi connectivity index (χ3n) is 0. The first-order valence-corrected chi connectivity index (χ1v) is 0.781. The van der Waals surface area contributed by atoms with Crippen LogP contribution in [0.2, 0.25) is 0 Å². The number of hydrogen-bond donors (Lipinski definition) is 2. The molecule has 0 bridgehead atoms. The van der Waals surface area contributed by atoms with Crippen LogP contribution in [0.4, 0.5) is 9.50 Å². The van der Waals surface area contributed by atoms with Gasteiger partial charge in [-0.1, -0.05) is 0 Å². The van der Waals surface area contributed by atoms with Gasteiger partial charge in [-0.2, -0.15) is 0 Å². The van der Waals surface area contributed by atoms with Crippen molar-refractivity contribution in [3.63, 3.8) is 0 Å². The van der Waals surface area contributed by atoms with Crippen LogP contribution in [0.25, 0.3) is 0 Å². The van der Waals surface area contributed by atoms with Crippen LogP contribution < -0.4 is 11.5 Å². The third kappa shape index (κ3) is 253. The summed E-state index contributed by atoms with van der Waals surface area (Å²) in [5, 5.41) is 0. The van der Waals surface area contributed by atoms with Crippen molar-refractivity contribution in [3.8, 4) is 0 Å². The van der Waals surface area contributed by atoms with Crippen molar-refractivity contribution in [2.24, 2.45) is 11.5 Å². The van der Waals surface area contributed by atoms with Gasteiger partial charge in [0.05, 0.1) is 0 Å². The summed E-state index contributed by atoms with van der Waals surface area (Å²) in [4.78, 5) is 9.00. The molecule has 0 atom stereocenters. The molecule has 4 N–H and O–H groups in total. The fourth-order valence-corrected chi connectivity index (χ4v) is 0. The molecule has 0 saturated heterocycles. The number of hydrogen-bond acceptors (Lipinski definition) is 1. The van der Waals surface area contributed by atoms with Crippen molar-refractivity contribution in [1.29, 1.82) is 0 Å². The average Bonchev–Trinajstić information content (AvgIpc) is 0.811. The van der Waals surface area contributed by atoms with Crippen LogP contribution in [0.3, 0.4) is 0 Å². The zero-order valence-electron chi connectivity index (χ0n) is 5.18. The molecule has 0 spiro atoms. The quantitative estimate of drug-likeness (QED) is 0.398. The molecule has 0 radical (unpaired) electrons. The second-order valence-corrected chi connectivity index (χ2v) is 0.402. The van der Waals surface area contributed by atoms with Gasteiger partial charge in [0.25, 0.3) is 0 Å². The largest absolute Gasteiger partial charge is 2.00 e. The van der Waals surface area contributed by atoms with Crippen LogP contribution in [-0.2, 0) is 0 Å². The summed E-state index contributed by atoms with van der Waals surface area (Å²) in [5.74, 6) is 0. The number of primary amides is 2. The molecule has 0 aliphatic carbocycles. The Hall–Kier alpha value is 0.460. The second kappa shape index (κ2) is 9.07. The number of carbonyl (C=O) groups is 1. The van der Waals surface area contributed by atoms with Crippen molar-refractivity contribution in [2.45, 2.75) is 0 Å². The zero-order chi connectivity index (χ0) is 3.58. The van der Waals surface area contributed by atoms with Gasteiger partial charge in [0.2, 0.25) is 0 Å². The molecule has 0 aromatic carbocycles. The molecule has 3 nitrogen and oxygen atoms in total. The second-order valence-electron chi connectivity index (χ2n) is 0.402. The van der Waals surface area contributed by atoms with E-state index in [-0.39, 0.29) is 45.3 Å². The van der Waals surface area contributed by atoms with E-state index in [0.717, 1.165) is 0 Å². The maximum atomic E-state index is 9.00. The summed E-state index contributed by atoms with van der Waals surface area (Å²) < 4.78 is 0. The van der Waals surface area contributed by atoms with Gasteiger partial charge >= 0.3 is 43.8 Å². The number of carbonyl (C=O) groups excluding carboxylic acids is 1. The van der Waals surface area contributed by atoms with Crippen molar-refractivity contribution in [2.75, 3.05) is 0 Å². The van der Waals surface area contributed by atoms with E-state index in [9.17, 15) is 0 Å². The topological polar surface area (TPSA) is 69.1 Å². The molecule has 0 rings (SSSR count). The van der Waals surface area contributed by atoms with Crippen LogP contribution in [0.15, 0.2) is 0 Å². The average molecular weight is 122 g/mol. The minimum atomic E-state index is -0.833. The third-order valence-corrected chi connectivity index (χ3v) is 0. The molecule has 0 aliphatic heterocycles. The van der Waals surface area contributed by atoms with Gasteiger partial charge in [-0.05, 0) is 0 Å². The Morgan fingerprint density at radius 1 is 1.50 bits per heavy atom. The Bertz CT molecular complexity index is 43.0. The molecule has 0 unspecified atom stereocenters. The Balaban J connectivity index is -0.00000000750. The van der Waals surface area contributed by atoms with E-state index in [2.05, 4.69) is 11.5 Å². The SMILES string of the molecule is F.NC(N)=O.[Ca+2].[H-].[H-]. The smallest absolute Gasteiger partial charge is 1.00 e. The molecule has 0 aromatic rings. The number of nitrogens with two attached hydrogens (primary N) is 2. The van der Waals surface area contributed by atoms with E-state index in [1.165, 1.54) is 0 Å². The van der Waals surface area contributed by atoms with Crippen molar-refractivity contribution in [3.05, 3.63) is 0 Å². The van der Waals surface area contributed by atoms with Crippen LogP contribution in [0, 0.1) is 0 Å². The predicted octanol–water partition coefficient (Wildman–Crippen LogP) is -0.979. The summed E-state index contributed by atoms with van der Waals surface area (Å²) in [7, 11) is 0. The molecule has 0 fully saturated rings. The maximum absolute atomic E-state index is 9.00. The van der Waals surface area contributed by atoms with E-state index in [1.807, 2.05) is 0 Å². The van der Waals surface area contributed by atoms with Gasteiger partial charge < -0.3 is 14.3 Å². The van der Waals surface area contributed by atoms with Crippen molar-refractivity contribution in [1.82, 2.24) is 0 Å². The molecule has 0 heterocycles. The van der Waals surface area contributed by atoms with Crippen LogP contribution in [-0.4, -0.2) is 43.8 Å². The molecule has 5 heteroatoms. The van der Waals surface area contributed by atoms with Gasteiger partial charge in [0.1, 0.15) is 0 Å². The Morgan fingerprint density at radius 2 is 1.50 bits per heavy atom. The number of amides is 2. The van der Waals surface area contributed by atoms with Crippen LogP contribution in [0.5, 0.6) is 0 Å². The molecule has 6 heavy (non-hydrogen) atoms. The van der Waals surface area contributed by atoms with Gasteiger partial charge in [-0.3, -0.25) is 4.70 Å².